The van der Waals surface area contributed by atoms with Crippen molar-refractivity contribution in [2.75, 3.05) is 13.1 Å². The van der Waals surface area contributed by atoms with Crippen LogP contribution in [0.2, 0.25) is 0 Å². The van der Waals surface area contributed by atoms with Crippen molar-refractivity contribution in [1.82, 2.24) is 20.2 Å². The first-order valence-electron chi connectivity index (χ1n) is 7.40. The van der Waals surface area contributed by atoms with Crippen LogP contribution in [0.25, 0.3) is 0 Å². The summed E-state index contributed by atoms with van der Waals surface area (Å²) in [4.78, 5) is 16.3. The predicted molar refractivity (Wildman–Crippen MR) is 81.0 cm³/mol. The highest BCUT2D eigenvalue weighted by atomic mass is 16.1. The van der Waals surface area contributed by atoms with E-state index in [2.05, 4.69) is 21.7 Å². The molecule has 0 unspecified atom stereocenters. The monoisotopic (exact) mass is 284 g/mol. The van der Waals surface area contributed by atoms with Crippen LogP contribution in [0.4, 0.5) is 0 Å². The fourth-order valence-electron chi connectivity index (χ4n) is 2.72. The maximum absolute atomic E-state index is 12.3. The van der Waals surface area contributed by atoms with Gasteiger partial charge in [0.05, 0.1) is 6.33 Å². The molecule has 2 aromatic rings. The number of hydrogen-bond acceptors (Lipinski definition) is 3. The Bertz CT molecular complexity index is 607. The average molecular weight is 284 g/mol. The number of carbonyl (C=O) groups is 1. The maximum atomic E-state index is 12.3. The normalized spacial score (nSPS) is 13.7. The van der Waals surface area contributed by atoms with Crippen molar-refractivity contribution in [3.63, 3.8) is 0 Å². The van der Waals surface area contributed by atoms with Crippen molar-refractivity contribution in [1.29, 1.82) is 0 Å². The molecule has 2 N–H and O–H groups in total. The molecule has 1 amide bonds. The Morgan fingerprint density at radius 1 is 1.43 bits per heavy atom. The second kappa shape index (κ2) is 6.54. The summed E-state index contributed by atoms with van der Waals surface area (Å²) in [5.41, 5.74) is 3.27. The molecule has 1 aromatic carbocycles. The van der Waals surface area contributed by atoms with E-state index in [1.165, 1.54) is 11.1 Å². The van der Waals surface area contributed by atoms with E-state index in [1.807, 2.05) is 22.9 Å². The average Bonchev–Trinajstić information content (AvgIpc) is 3.04. The van der Waals surface area contributed by atoms with Crippen LogP contribution in [0.5, 0.6) is 0 Å². The Kier molecular flexibility index (Phi) is 4.31. The quantitative estimate of drug-likeness (QED) is 0.815. The molecule has 5 nitrogen and oxygen atoms in total. The molecule has 0 radical (unpaired) electrons. The second-order valence-corrected chi connectivity index (χ2v) is 5.28. The van der Waals surface area contributed by atoms with Gasteiger partial charge in [-0.05, 0) is 36.6 Å². The fraction of sp³-hybridized carbons (Fsp3) is 0.375. The van der Waals surface area contributed by atoms with Gasteiger partial charge in [0, 0.05) is 37.6 Å². The number of imidazole rings is 1. The summed E-state index contributed by atoms with van der Waals surface area (Å²) >= 11 is 0. The van der Waals surface area contributed by atoms with E-state index in [1.54, 1.807) is 12.5 Å². The Hall–Kier alpha value is -2.14. The zero-order valence-electron chi connectivity index (χ0n) is 12.0. The molecule has 0 saturated carbocycles. The van der Waals surface area contributed by atoms with E-state index in [-0.39, 0.29) is 5.91 Å². The van der Waals surface area contributed by atoms with Crippen LogP contribution in [0.3, 0.4) is 0 Å². The van der Waals surface area contributed by atoms with Gasteiger partial charge in [0.15, 0.2) is 0 Å². The maximum Gasteiger partial charge on any atom is 0.251 e. The molecule has 5 heteroatoms. The lowest BCUT2D eigenvalue weighted by molar-refractivity contribution is 0.0951. The molecule has 0 spiro atoms. The van der Waals surface area contributed by atoms with Crippen molar-refractivity contribution in [3.05, 3.63) is 53.6 Å². The van der Waals surface area contributed by atoms with Crippen LogP contribution in [0, 0.1) is 0 Å². The van der Waals surface area contributed by atoms with Gasteiger partial charge in [-0.15, -0.1) is 0 Å². The third-order valence-corrected chi connectivity index (χ3v) is 3.82. The van der Waals surface area contributed by atoms with Crippen LogP contribution in [0.1, 0.15) is 27.9 Å². The number of nitrogens with one attached hydrogen (secondary N) is 2. The van der Waals surface area contributed by atoms with Crippen molar-refractivity contribution in [2.45, 2.75) is 25.9 Å². The number of aryl methyl sites for hydroxylation is 1. The molecule has 0 aliphatic carbocycles. The SMILES string of the molecule is O=C(NCCCn1ccnc1)c1cccc2c1CCNC2. The molecule has 1 aliphatic heterocycles. The number of aromatic nitrogens is 2. The number of carbonyl (C=O) groups excluding carboxylic acids is 1. The minimum absolute atomic E-state index is 0.0411. The lowest BCUT2D eigenvalue weighted by Gasteiger charge is -2.20. The molecule has 1 aromatic heterocycles. The number of amides is 1. The van der Waals surface area contributed by atoms with E-state index in [4.69, 9.17) is 0 Å². The number of fused-ring (bicyclic) bond motifs is 1. The van der Waals surface area contributed by atoms with Crippen LogP contribution in [-0.2, 0) is 19.5 Å². The second-order valence-electron chi connectivity index (χ2n) is 5.28. The van der Waals surface area contributed by atoms with Crippen LogP contribution in [-0.4, -0.2) is 28.5 Å². The lowest BCUT2D eigenvalue weighted by Crippen LogP contribution is -2.30. The van der Waals surface area contributed by atoms with E-state index < -0.39 is 0 Å². The Labute approximate surface area is 124 Å². The van der Waals surface area contributed by atoms with Crippen molar-refractivity contribution >= 4 is 5.91 Å². The zero-order chi connectivity index (χ0) is 14.5. The van der Waals surface area contributed by atoms with Crippen LogP contribution >= 0.6 is 0 Å². The topological polar surface area (TPSA) is 59.0 Å². The predicted octanol–water partition coefficient (Wildman–Crippen LogP) is 1.35. The van der Waals surface area contributed by atoms with Gasteiger partial charge in [0.25, 0.3) is 5.91 Å². The number of hydrogen-bond donors (Lipinski definition) is 2. The van der Waals surface area contributed by atoms with E-state index in [0.717, 1.165) is 38.0 Å². The molecule has 1 aliphatic rings. The minimum atomic E-state index is 0.0411. The van der Waals surface area contributed by atoms with Crippen LogP contribution < -0.4 is 10.6 Å². The van der Waals surface area contributed by atoms with Gasteiger partial charge in [0.2, 0.25) is 0 Å². The highest BCUT2D eigenvalue weighted by Crippen LogP contribution is 2.18. The molecule has 110 valence electrons. The summed E-state index contributed by atoms with van der Waals surface area (Å²) in [6.45, 7) is 3.35. The minimum Gasteiger partial charge on any atom is -0.352 e. The molecule has 2 heterocycles. The van der Waals surface area contributed by atoms with Crippen molar-refractivity contribution in [3.8, 4) is 0 Å². The number of nitrogens with zero attached hydrogens (tertiary/aromatic N) is 2. The Morgan fingerprint density at radius 3 is 3.24 bits per heavy atom. The summed E-state index contributed by atoms with van der Waals surface area (Å²) in [6.07, 6.45) is 7.32. The highest BCUT2D eigenvalue weighted by Gasteiger charge is 2.16. The largest absolute Gasteiger partial charge is 0.352 e. The van der Waals surface area contributed by atoms with Gasteiger partial charge in [-0.25, -0.2) is 4.98 Å². The molecule has 0 bridgehead atoms. The first-order chi connectivity index (χ1) is 10.3. The van der Waals surface area contributed by atoms with Gasteiger partial charge in [-0.1, -0.05) is 12.1 Å². The molecule has 0 fully saturated rings. The van der Waals surface area contributed by atoms with E-state index >= 15 is 0 Å². The summed E-state index contributed by atoms with van der Waals surface area (Å²) < 4.78 is 2.02. The highest BCUT2D eigenvalue weighted by molar-refractivity contribution is 5.96. The number of benzene rings is 1. The van der Waals surface area contributed by atoms with Gasteiger partial charge < -0.3 is 15.2 Å². The first kappa shape index (κ1) is 13.8. The van der Waals surface area contributed by atoms with Crippen molar-refractivity contribution in [2.24, 2.45) is 0 Å². The van der Waals surface area contributed by atoms with Crippen LogP contribution in [0.15, 0.2) is 36.9 Å². The van der Waals surface area contributed by atoms with Gasteiger partial charge in [-0.2, -0.15) is 0 Å². The molecule has 21 heavy (non-hydrogen) atoms. The third kappa shape index (κ3) is 3.31. The summed E-state index contributed by atoms with van der Waals surface area (Å²) in [5.74, 6) is 0.0411. The van der Waals surface area contributed by atoms with Gasteiger partial charge in [0.1, 0.15) is 0 Å². The van der Waals surface area contributed by atoms with Gasteiger partial charge in [-0.3, -0.25) is 4.79 Å². The Morgan fingerprint density at radius 2 is 2.38 bits per heavy atom. The standard InChI is InChI=1S/C16H20N4O/c21-16(19-6-2-9-20-10-8-18-12-20)15-4-1-3-13-11-17-7-5-14(13)15/h1,3-4,8,10,12,17H,2,5-7,9,11H2,(H,19,21). The summed E-state index contributed by atoms with van der Waals surface area (Å²) in [6, 6.07) is 5.99. The molecule has 0 saturated heterocycles. The van der Waals surface area contributed by atoms with Crippen molar-refractivity contribution < 1.29 is 4.79 Å². The molecule has 0 atom stereocenters. The third-order valence-electron chi connectivity index (χ3n) is 3.82. The number of rotatable bonds is 5. The molecular formula is C16H20N4O. The smallest absolute Gasteiger partial charge is 0.251 e. The van der Waals surface area contributed by atoms with E-state index in [9.17, 15) is 4.79 Å². The zero-order valence-corrected chi connectivity index (χ0v) is 12.0. The fourth-order valence-corrected chi connectivity index (χ4v) is 2.72. The van der Waals surface area contributed by atoms with Gasteiger partial charge >= 0.3 is 0 Å². The lowest BCUT2D eigenvalue weighted by atomic mass is 9.95. The molecular weight excluding hydrogens is 264 g/mol. The van der Waals surface area contributed by atoms with E-state index in [0.29, 0.717) is 6.54 Å². The first-order valence-corrected chi connectivity index (χ1v) is 7.40. The Balaban J connectivity index is 1.56. The summed E-state index contributed by atoms with van der Waals surface area (Å²) in [5, 5.41) is 6.35. The summed E-state index contributed by atoms with van der Waals surface area (Å²) in [7, 11) is 0. The molecule has 3 rings (SSSR count).